The number of halogens is 2. The number of rotatable bonds is 13. The molecular formula is C39H39Cl2N5O5. The molecule has 1 aliphatic heterocycles. The number of hydrogen-bond acceptors (Lipinski definition) is 7. The summed E-state index contributed by atoms with van der Waals surface area (Å²) in [6.07, 6.45) is 1.83. The number of benzene rings is 4. The lowest BCUT2D eigenvalue weighted by molar-refractivity contribution is -0.252. The van der Waals surface area contributed by atoms with E-state index in [-0.39, 0.29) is 48.6 Å². The predicted octanol–water partition coefficient (Wildman–Crippen LogP) is 7.60. The van der Waals surface area contributed by atoms with Crippen LogP contribution in [0, 0.1) is 0 Å². The number of aliphatic hydroxyl groups excluding tert-OH is 1. The van der Waals surface area contributed by atoms with Gasteiger partial charge in [0, 0.05) is 31.4 Å². The molecular weight excluding hydrogens is 689 g/mol. The molecule has 0 radical (unpaired) electrons. The van der Waals surface area contributed by atoms with Gasteiger partial charge in [-0.2, -0.15) is 0 Å². The molecule has 5 aromatic rings. The normalized spacial score (nSPS) is 17.2. The molecule has 1 aliphatic rings. The number of anilines is 2. The van der Waals surface area contributed by atoms with Gasteiger partial charge in [0.2, 0.25) is 11.8 Å². The van der Waals surface area contributed by atoms with Gasteiger partial charge in [-0.25, -0.2) is 4.98 Å². The molecule has 264 valence electrons. The van der Waals surface area contributed by atoms with Gasteiger partial charge in [-0.3, -0.25) is 9.59 Å². The second-order valence-electron chi connectivity index (χ2n) is 12.4. The first-order valence-electron chi connectivity index (χ1n) is 16.7. The van der Waals surface area contributed by atoms with Crippen LogP contribution in [0.3, 0.4) is 0 Å². The molecule has 4 aromatic carbocycles. The van der Waals surface area contributed by atoms with Crippen LogP contribution in [0.5, 0.6) is 0 Å². The molecule has 0 aliphatic carbocycles. The minimum absolute atomic E-state index is 0.0351. The first kappa shape index (κ1) is 36.1. The molecule has 0 unspecified atom stereocenters. The average molecular weight is 729 g/mol. The molecule has 1 fully saturated rings. The molecule has 2 amide bonds. The van der Waals surface area contributed by atoms with Gasteiger partial charge >= 0.3 is 0 Å². The summed E-state index contributed by atoms with van der Waals surface area (Å²) in [6.45, 7) is 0.757. The van der Waals surface area contributed by atoms with Crippen molar-refractivity contribution in [1.29, 1.82) is 0 Å². The van der Waals surface area contributed by atoms with E-state index >= 15 is 0 Å². The van der Waals surface area contributed by atoms with Crippen molar-refractivity contribution in [2.45, 2.75) is 63.9 Å². The molecule has 5 N–H and O–H groups in total. The van der Waals surface area contributed by atoms with Crippen molar-refractivity contribution in [1.82, 2.24) is 14.9 Å². The lowest BCUT2D eigenvalue weighted by Crippen LogP contribution is -2.32. The summed E-state index contributed by atoms with van der Waals surface area (Å²) in [6, 6.07) is 30.8. The number of nitrogens with one attached hydrogen (secondary N) is 2. The number of nitrogen functional groups attached to an aromatic ring is 1. The number of nitrogens with zero attached hydrogens (tertiary/aromatic N) is 2. The molecule has 51 heavy (non-hydrogen) atoms. The van der Waals surface area contributed by atoms with Crippen molar-refractivity contribution < 1.29 is 24.2 Å². The van der Waals surface area contributed by atoms with Crippen LogP contribution in [-0.4, -0.2) is 32.6 Å². The maximum absolute atomic E-state index is 12.6. The number of hydrogen-bond donors (Lipinski definition) is 4. The number of ether oxygens (including phenoxy) is 2. The van der Waals surface area contributed by atoms with Gasteiger partial charge in [0.05, 0.1) is 43.1 Å². The number of para-hydroxylation sites is 2. The van der Waals surface area contributed by atoms with Crippen molar-refractivity contribution in [2.75, 3.05) is 11.1 Å². The second-order valence-corrected chi connectivity index (χ2v) is 13.1. The van der Waals surface area contributed by atoms with E-state index in [1.165, 1.54) is 0 Å². The van der Waals surface area contributed by atoms with Crippen LogP contribution in [0.4, 0.5) is 11.4 Å². The number of aromatic nitrogens is 2. The Balaban J connectivity index is 1.09. The van der Waals surface area contributed by atoms with E-state index in [2.05, 4.69) is 15.6 Å². The van der Waals surface area contributed by atoms with Gasteiger partial charge in [0.15, 0.2) is 11.4 Å². The van der Waals surface area contributed by atoms with Crippen LogP contribution in [0.25, 0.3) is 11.1 Å². The summed E-state index contributed by atoms with van der Waals surface area (Å²) >= 11 is 12.5. The maximum Gasteiger partial charge on any atom is 0.224 e. The van der Waals surface area contributed by atoms with E-state index in [0.29, 0.717) is 42.5 Å². The number of nitrogens with two attached hydrogens (primary N) is 1. The SMILES string of the molecule is Nc1ccccc1NC(=O)CCCC(=O)NCc1cccc(-c2cccc([C@H]3O[C@@H](Cn4cnc(Cl)c4Cl)C[C@@H](c4ccc(CO)cc4)O3)c2)c1. The predicted molar refractivity (Wildman–Crippen MR) is 198 cm³/mol. The Kier molecular flexibility index (Phi) is 12.0. The summed E-state index contributed by atoms with van der Waals surface area (Å²) in [5.74, 6) is -0.315. The van der Waals surface area contributed by atoms with E-state index < -0.39 is 6.29 Å². The molecule has 2 heterocycles. The Morgan fingerprint density at radius 3 is 2.35 bits per heavy atom. The Hall–Kier alpha value is -4.71. The molecule has 10 nitrogen and oxygen atoms in total. The molecule has 0 bridgehead atoms. The van der Waals surface area contributed by atoms with Crippen LogP contribution in [0.2, 0.25) is 10.3 Å². The highest BCUT2D eigenvalue weighted by Gasteiger charge is 2.33. The van der Waals surface area contributed by atoms with Crippen LogP contribution in [0.15, 0.2) is 103 Å². The largest absolute Gasteiger partial charge is 0.397 e. The van der Waals surface area contributed by atoms with E-state index in [0.717, 1.165) is 33.4 Å². The average Bonchev–Trinajstić information content (AvgIpc) is 3.47. The minimum Gasteiger partial charge on any atom is -0.397 e. The highest BCUT2D eigenvalue weighted by atomic mass is 35.5. The molecule has 12 heteroatoms. The van der Waals surface area contributed by atoms with Crippen LogP contribution in [0.1, 0.15) is 60.3 Å². The van der Waals surface area contributed by atoms with Crippen LogP contribution < -0.4 is 16.4 Å². The Morgan fingerprint density at radius 2 is 1.61 bits per heavy atom. The van der Waals surface area contributed by atoms with Gasteiger partial charge in [-0.15, -0.1) is 0 Å². The third kappa shape index (κ3) is 9.55. The Labute approximate surface area is 306 Å². The quantitative estimate of drug-likeness (QED) is 0.0916. The lowest BCUT2D eigenvalue weighted by atomic mass is 9.98. The minimum atomic E-state index is -0.668. The number of amides is 2. The van der Waals surface area contributed by atoms with Crippen molar-refractivity contribution in [3.05, 3.63) is 136 Å². The second kappa shape index (κ2) is 17.0. The van der Waals surface area contributed by atoms with Crippen molar-refractivity contribution in [3.63, 3.8) is 0 Å². The molecule has 6 rings (SSSR count). The fourth-order valence-corrected chi connectivity index (χ4v) is 6.28. The standard InChI is InChI=1S/C39H39Cl2N5O5/c40-37-38(41)46(24-44-37)22-31-20-34(27-16-14-25(23-47)15-17-27)51-39(50-31)30-9-4-8-29(19-30)28-7-3-6-26(18-28)21-43-35(48)12-5-13-36(49)45-33-11-2-1-10-32(33)42/h1-4,6-11,14-19,24,31,34,39,47H,5,12-13,20-23,42H2,(H,43,48)(H,45,49)/t31-,34+,39+/m1/s1. The van der Waals surface area contributed by atoms with Crippen molar-refractivity contribution >= 4 is 46.4 Å². The summed E-state index contributed by atoms with van der Waals surface area (Å²) in [4.78, 5) is 29.0. The molecule has 1 saturated heterocycles. The summed E-state index contributed by atoms with van der Waals surface area (Å²) in [5.41, 5.74) is 12.5. The first-order valence-corrected chi connectivity index (χ1v) is 17.5. The molecule has 3 atom stereocenters. The smallest absolute Gasteiger partial charge is 0.224 e. The zero-order chi connectivity index (χ0) is 35.7. The van der Waals surface area contributed by atoms with Crippen molar-refractivity contribution in [3.8, 4) is 11.1 Å². The molecule has 1 aromatic heterocycles. The van der Waals surface area contributed by atoms with Gasteiger partial charge in [0.25, 0.3) is 0 Å². The van der Waals surface area contributed by atoms with Crippen LogP contribution in [-0.2, 0) is 38.8 Å². The summed E-state index contributed by atoms with van der Waals surface area (Å²) < 4.78 is 14.8. The first-order chi connectivity index (χ1) is 24.7. The highest BCUT2D eigenvalue weighted by molar-refractivity contribution is 6.40. The van der Waals surface area contributed by atoms with Gasteiger partial charge in [0.1, 0.15) is 5.15 Å². The van der Waals surface area contributed by atoms with E-state index in [4.69, 9.17) is 38.4 Å². The molecule has 0 spiro atoms. The number of aliphatic hydroxyl groups is 1. The topological polar surface area (TPSA) is 141 Å². The number of carbonyl (C=O) groups excluding carboxylic acids is 2. The summed E-state index contributed by atoms with van der Waals surface area (Å²) in [5, 5.41) is 15.9. The zero-order valence-corrected chi connectivity index (χ0v) is 29.3. The van der Waals surface area contributed by atoms with E-state index in [1.54, 1.807) is 35.2 Å². The zero-order valence-electron chi connectivity index (χ0n) is 27.8. The van der Waals surface area contributed by atoms with Gasteiger partial charge in [-0.05, 0) is 58.5 Å². The van der Waals surface area contributed by atoms with Gasteiger partial charge < -0.3 is 35.5 Å². The highest BCUT2D eigenvalue weighted by Crippen LogP contribution is 2.39. The Morgan fingerprint density at radius 1 is 0.863 bits per heavy atom. The lowest BCUT2D eigenvalue weighted by Gasteiger charge is -2.36. The summed E-state index contributed by atoms with van der Waals surface area (Å²) in [7, 11) is 0. The van der Waals surface area contributed by atoms with Crippen molar-refractivity contribution in [2.24, 2.45) is 0 Å². The fraction of sp³-hybridized carbons (Fsp3) is 0.256. The fourth-order valence-electron chi connectivity index (χ4n) is 5.97. The van der Waals surface area contributed by atoms with E-state index in [1.807, 2.05) is 72.8 Å². The monoisotopic (exact) mass is 727 g/mol. The third-order valence-electron chi connectivity index (χ3n) is 8.70. The third-order valence-corrected chi connectivity index (χ3v) is 9.47. The van der Waals surface area contributed by atoms with Gasteiger partial charge in [-0.1, -0.05) is 96.0 Å². The van der Waals surface area contributed by atoms with Crippen LogP contribution >= 0.6 is 23.2 Å². The maximum atomic E-state index is 12.6. The number of carbonyl (C=O) groups is 2. The van der Waals surface area contributed by atoms with E-state index in [9.17, 15) is 14.7 Å². The molecule has 0 saturated carbocycles. The number of imidazole rings is 1. The Bertz CT molecular complexity index is 1970.